The first-order valence-corrected chi connectivity index (χ1v) is 5.09. The van der Waals surface area contributed by atoms with Crippen molar-refractivity contribution in [2.45, 2.75) is 25.3 Å². The summed E-state index contributed by atoms with van der Waals surface area (Å²) < 4.78 is 5.17. The minimum absolute atomic E-state index is 0.00263. The summed E-state index contributed by atoms with van der Waals surface area (Å²) in [4.78, 5) is 14.1. The molecule has 0 spiro atoms. The van der Waals surface area contributed by atoms with E-state index in [2.05, 4.69) is 4.99 Å². The van der Waals surface area contributed by atoms with Crippen molar-refractivity contribution in [1.82, 2.24) is 0 Å². The first-order chi connectivity index (χ1) is 7.35. The van der Waals surface area contributed by atoms with Crippen molar-refractivity contribution in [3.05, 3.63) is 29.3 Å². The summed E-state index contributed by atoms with van der Waals surface area (Å²) in [5.74, 6) is 0.865. The number of hydrogen-bond donors (Lipinski definition) is 0. The Balaban J connectivity index is 2.40. The summed E-state index contributed by atoms with van der Waals surface area (Å²) >= 11 is 0. The second-order valence-corrected chi connectivity index (χ2v) is 3.69. The SMILES string of the molecule is COc1ccc2c(c1)CCCC2N=C=O. The zero-order valence-electron chi connectivity index (χ0n) is 8.69. The molecular formula is C12H13NO2. The summed E-state index contributed by atoms with van der Waals surface area (Å²) in [6.45, 7) is 0. The molecule has 1 aliphatic carbocycles. The van der Waals surface area contributed by atoms with Crippen LogP contribution in [-0.4, -0.2) is 13.2 Å². The van der Waals surface area contributed by atoms with Gasteiger partial charge >= 0.3 is 0 Å². The monoisotopic (exact) mass is 203 g/mol. The molecule has 1 aromatic carbocycles. The molecule has 0 bridgehead atoms. The average Bonchev–Trinajstić information content (AvgIpc) is 2.29. The van der Waals surface area contributed by atoms with Crippen molar-refractivity contribution in [2.75, 3.05) is 7.11 Å². The number of nitrogens with zero attached hydrogens (tertiary/aromatic N) is 1. The van der Waals surface area contributed by atoms with Crippen molar-refractivity contribution < 1.29 is 9.53 Å². The fraction of sp³-hybridized carbons (Fsp3) is 0.417. The number of aryl methyl sites for hydroxylation is 1. The third-order valence-corrected chi connectivity index (χ3v) is 2.84. The molecule has 0 saturated carbocycles. The number of aliphatic imine (C=N–C) groups is 1. The van der Waals surface area contributed by atoms with E-state index in [1.807, 2.05) is 18.2 Å². The van der Waals surface area contributed by atoms with Crippen LogP contribution in [0.25, 0.3) is 0 Å². The fourth-order valence-corrected chi connectivity index (χ4v) is 2.09. The van der Waals surface area contributed by atoms with E-state index < -0.39 is 0 Å². The van der Waals surface area contributed by atoms with Gasteiger partial charge in [-0.2, -0.15) is 4.99 Å². The van der Waals surface area contributed by atoms with E-state index in [0.717, 1.165) is 30.6 Å². The summed E-state index contributed by atoms with van der Waals surface area (Å²) in [5, 5.41) is 0. The summed E-state index contributed by atoms with van der Waals surface area (Å²) in [6, 6.07) is 5.94. The molecule has 0 saturated heterocycles. The molecule has 1 atom stereocenters. The van der Waals surface area contributed by atoms with E-state index in [1.54, 1.807) is 13.2 Å². The smallest absolute Gasteiger partial charge is 0.235 e. The predicted molar refractivity (Wildman–Crippen MR) is 56.8 cm³/mol. The standard InChI is InChI=1S/C12H13NO2/c1-15-10-5-6-11-9(7-10)3-2-4-12(11)13-8-14/h5-7,12H,2-4H2,1H3. The lowest BCUT2D eigenvalue weighted by atomic mass is 9.88. The van der Waals surface area contributed by atoms with Crippen LogP contribution in [0.4, 0.5) is 0 Å². The molecule has 3 heteroatoms. The molecule has 0 N–H and O–H groups in total. The van der Waals surface area contributed by atoms with Crippen molar-refractivity contribution in [3.63, 3.8) is 0 Å². The van der Waals surface area contributed by atoms with Crippen molar-refractivity contribution in [2.24, 2.45) is 4.99 Å². The minimum Gasteiger partial charge on any atom is -0.497 e. The highest BCUT2D eigenvalue weighted by Crippen LogP contribution is 2.34. The van der Waals surface area contributed by atoms with E-state index in [0.29, 0.717) is 0 Å². The van der Waals surface area contributed by atoms with Gasteiger partial charge in [0.2, 0.25) is 6.08 Å². The Morgan fingerprint density at radius 1 is 1.53 bits per heavy atom. The summed E-state index contributed by atoms with van der Waals surface area (Å²) in [7, 11) is 1.66. The van der Waals surface area contributed by atoms with E-state index in [-0.39, 0.29) is 6.04 Å². The van der Waals surface area contributed by atoms with Crippen molar-refractivity contribution >= 4 is 6.08 Å². The molecule has 1 aliphatic rings. The maximum Gasteiger partial charge on any atom is 0.235 e. The Bertz CT molecular complexity index is 408. The molecule has 0 aromatic heterocycles. The third kappa shape index (κ3) is 1.92. The van der Waals surface area contributed by atoms with Crippen LogP contribution in [0, 0.1) is 0 Å². The molecule has 2 rings (SSSR count). The molecule has 0 radical (unpaired) electrons. The second-order valence-electron chi connectivity index (χ2n) is 3.69. The molecule has 3 nitrogen and oxygen atoms in total. The maximum absolute atomic E-state index is 10.3. The van der Waals surface area contributed by atoms with Gasteiger partial charge in [0.25, 0.3) is 0 Å². The summed E-state index contributed by atoms with van der Waals surface area (Å²) in [6.07, 6.45) is 4.69. The quantitative estimate of drug-likeness (QED) is 0.547. The molecular weight excluding hydrogens is 190 g/mol. The van der Waals surface area contributed by atoms with Crippen molar-refractivity contribution in [3.8, 4) is 5.75 Å². The number of fused-ring (bicyclic) bond motifs is 1. The average molecular weight is 203 g/mol. The lowest BCUT2D eigenvalue weighted by Gasteiger charge is -2.21. The molecule has 1 unspecified atom stereocenters. The zero-order chi connectivity index (χ0) is 10.7. The van der Waals surface area contributed by atoms with Crippen LogP contribution in [0.3, 0.4) is 0 Å². The van der Waals surface area contributed by atoms with Gasteiger partial charge in [0.15, 0.2) is 0 Å². The van der Waals surface area contributed by atoms with Gasteiger partial charge in [0.1, 0.15) is 5.75 Å². The topological polar surface area (TPSA) is 38.7 Å². The molecule has 0 heterocycles. The molecule has 0 fully saturated rings. The third-order valence-electron chi connectivity index (χ3n) is 2.84. The van der Waals surface area contributed by atoms with Crippen LogP contribution in [0.15, 0.2) is 23.2 Å². The van der Waals surface area contributed by atoms with Gasteiger partial charge in [0, 0.05) is 0 Å². The Morgan fingerprint density at radius 2 is 2.40 bits per heavy atom. The molecule has 1 aromatic rings. The fourth-order valence-electron chi connectivity index (χ4n) is 2.09. The number of methoxy groups -OCH3 is 1. The molecule has 0 aliphatic heterocycles. The number of benzene rings is 1. The largest absolute Gasteiger partial charge is 0.497 e. The number of rotatable bonds is 2. The Labute approximate surface area is 88.8 Å². The number of ether oxygens (including phenoxy) is 1. The lowest BCUT2D eigenvalue weighted by molar-refractivity contribution is 0.413. The first-order valence-electron chi connectivity index (χ1n) is 5.09. The Hall–Kier alpha value is -1.60. The van der Waals surface area contributed by atoms with Crippen LogP contribution in [0.2, 0.25) is 0 Å². The van der Waals surface area contributed by atoms with Gasteiger partial charge in [-0.3, -0.25) is 0 Å². The molecule has 15 heavy (non-hydrogen) atoms. The van der Waals surface area contributed by atoms with E-state index in [9.17, 15) is 4.79 Å². The molecule has 0 amide bonds. The maximum atomic E-state index is 10.3. The predicted octanol–water partition coefficient (Wildman–Crippen LogP) is 2.41. The van der Waals surface area contributed by atoms with Gasteiger partial charge in [-0.15, -0.1) is 0 Å². The Kier molecular flexibility index (Phi) is 2.84. The Morgan fingerprint density at radius 3 is 3.13 bits per heavy atom. The van der Waals surface area contributed by atoms with Gasteiger partial charge in [-0.05, 0) is 42.5 Å². The zero-order valence-corrected chi connectivity index (χ0v) is 8.69. The second kappa shape index (κ2) is 4.28. The van der Waals surface area contributed by atoms with Crippen LogP contribution in [-0.2, 0) is 11.2 Å². The van der Waals surface area contributed by atoms with Gasteiger partial charge in [-0.25, -0.2) is 4.79 Å². The van der Waals surface area contributed by atoms with Gasteiger partial charge in [0.05, 0.1) is 13.2 Å². The van der Waals surface area contributed by atoms with E-state index >= 15 is 0 Å². The minimum atomic E-state index is -0.00263. The highest BCUT2D eigenvalue weighted by Gasteiger charge is 2.19. The first kappa shape index (κ1) is 9.94. The lowest BCUT2D eigenvalue weighted by Crippen LogP contribution is -2.08. The van der Waals surface area contributed by atoms with E-state index in [1.165, 1.54) is 5.56 Å². The van der Waals surface area contributed by atoms with Crippen LogP contribution >= 0.6 is 0 Å². The highest BCUT2D eigenvalue weighted by molar-refractivity contribution is 5.42. The van der Waals surface area contributed by atoms with Crippen LogP contribution in [0.1, 0.15) is 30.0 Å². The van der Waals surface area contributed by atoms with Crippen LogP contribution in [0.5, 0.6) is 5.75 Å². The molecule has 78 valence electrons. The summed E-state index contributed by atoms with van der Waals surface area (Å²) in [5.41, 5.74) is 2.38. The van der Waals surface area contributed by atoms with Crippen LogP contribution < -0.4 is 4.74 Å². The van der Waals surface area contributed by atoms with Gasteiger partial charge < -0.3 is 4.74 Å². The van der Waals surface area contributed by atoms with E-state index in [4.69, 9.17) is 4.74 Å². The van der Waals surface area contributed by atoms with Crippen molar-refractivity contribution in [1.29, 1.82) is 0 Å². The number of carbonyl (C=O) groups excluding carboxylic acids is 1. The normalized spacial score (nSPS) is 18.9. The highest BCUT2D eigenvalue weighted by atomic mass is 16.5. The number of isocyanates is 1. The number of hydrogen-bond acceptors (Lipinski definition) is 3. The van der Waals surface area contributed by atoms with Gasteiger partial charge in [-0.1, -0.05) is 6.07 Å².